The zero-order valence-corrected chi connectivity index (χ0v) is 20.3. The van der Waals surface area contributed by atoms with Crippen molar-refractivity contribution in [3.05, 3.63) is 108 Å². The fourth-order valence-electron chi connectivity index (χ4n) is 5.14. The van der Waals surface area contributed by atoms with Crippen LogP contribution in [0, 0.1) is 0 Å². The Labute approximate surface area is 212 Å². The van der Waals surface area contributed by atoms with Crippen LogP contribution >= 0.6 is 0 Å². The van der Waals surface area contributed by atoms with Gasteiger partial charge in [-0.2, -0.15) is 0 Å². The fraction of sp³-hybridized carbons (Fsp3) is 0.100. The first kappa shape index (κ1) is 21.4. The van der Waals surface area contributed by atoms with Crippen molar-refractivity contribution in [3.8, 4) is 34.5 Å². The highest BCUT2D eigenvalue weighted by molar-refractivity contribution is 5.91. The zero-order valence-electron chi connectivity index (χ0n) is 20.3. The molecule has 3 heterocycles. The van der Waals surface area contributed by atoms with Gasteiger partial charge in [0.15, 0.2) is 23.0 Å². The lowest BCUT2D eigenvalue weighted by atomic mass is 9.83. The molecule has 0 fully saturated rings. The maximum atomic E-state index is 6.50. The van der Waals surface area contributed by atoms with E-state index < -0.39 is 0 Å². The zero-order chi connectivity index (χ0) is 24.9. The summed E-state index contributed by atoms with van der Waals surface area (Å²) in [4.78, 5) is 9.66. The molecule has 0 N–H and O–H groups in total. The van der Waals surface area contributed by atoms with Gasteiger partial charge in [-0.3, -0.25) is 0 Å². The van der Waals surface area contributed by atoms with Crippen molar-refractivity contribution in [1.82, 2.24) is 19.6 Å². The van der Waals surface area contributed by atoms with Gasteiger partial charge in [0, 0.05) is 22.4 Å². The van der Waals surface area contributed by atoms with E-state index in [4.69, 9.17) is 29.3 Å². The Hall–Kier alpha value is -4.91. The van der Waals surface area contributed by atoms with Crippen LogP contribution in [0.2, 0.25) is 0 Å². The first-order valence-corrected chi connectivity index (χ1v) is 12.0. The Kier molecular flexibility index (Phi) is 4.82. The first-order chi connectivity index (χ1) is 18.2. The van der Waals surface area contributed by atoms with Crippen LogP contribution in [0.25, 0.3) is 27.8 Å². The lowest BCUT2D eigenvalue weighted by molar-refractivity contribution is 0.355. The van der Waals surface area contributed by atoms with Crippen molar-refractivity contribution in [2.75, 3.05) is 14.2 Å². The molecule has 7 nitrogen and oxygen atoms in total. The summed E-state index contributed by atoms with van der Waals surface area (Å²) >= 11 is 0. The van der Waals surface area contributed by atoms with Gasteiger partial charge in [-0.25, -0.2) is 14.5 Å². The number of rotatable bonds is 4. The Balaban J connectivity index is 1.47. The van der Waals surface area contributed by atoms with Crippen LogP contribution in [0.4, 0.5) is 0 Å². The minimum Gasteiger partial charge on any atom is -0.493 e. The predicted octanol–water partition coefficient (Wildman–Crippen LogP) is 6.25. The molecule has 0 bridgehead atoms. The fourth-order valence-corrected chi connectivity index (χ4v) is 5.14. The van der Waals surface area contributed by atoms with Gasteiger partial charge in [-0.1, -0.05) is 66.7 Å². The predicted molar refractivity (Wildman–Crippen MR) is 141 cm³/mol. The number of hydrogen-bond acceptors (Lipinski definition) is 6. The van der Waals surface area contributed by atoms with Crippen molar-refractivity contribution in [1.29, 1.82) is 0 Å². The highest BCUT2D eigenvalue weighted by Gasteiger charge is 2.34. The molecule has 37 heavy (non-hydrogen) atoms. The van der Waals surface area contributed by atoms with Gasteiger partial charge in [0.05, 0.1) is 19.8 Å². The quantitative estimate of drug-likeness (QED) is 0.293. The maximum Gasteiger partial charge on any atom is 0.228 e. The lowest BCUT2D eigenvalue weighted by Crippen LogP contribution is -2.15. The highest BCUT2D eigenvalue weighted by Crippen LogP contribution is 2.50. The van der Waals surface area contributed by atoms with Crippen LogP contribution in [0.5, 0.6) is 23.1 Å². The number of fused-ring (bicyclic) bond motifs is 6. The molecule has 0 spiro atoms. The van der Waals surface area contributed by atoms with Crippen LogP contribution in [0.1, 0.15) is 22.6 Å². The molecule has 4 aromatic carbocycles. The van der Waals surface area contributed by atoms with Gasteiger partial charge < -0.3 is 14.2 Å². The van der Waals surface area contributed by atoms with Crippen LogP contribution in [0.3, 0.4) is 0 Å². The average molecular weight is 487 g/mol. The van der Waals surface area contributed by atoms with Gasteiger partial charge in [0.2, 0.25) is 5.88 Å². The van der Waals surface area contributed by atoms with Gasteiger partial charge in [0.25, 0.3) is 0 Å². The Morgan fingerprint density at radius 2 is 1.65 bits per heavy atom. The molecule has 0 saturated heterocycles. The van der Waals surface area contributed by atoms with Crippen molar-refractivity contribution < 1.29 is 14.2 Å². The molecule has 0 amide bonds. The molecule has 0 aliphatic carbocycles. The smallest absolute Gasteiger partial charge is 0.228 e. The molecular formula is C30H22N4O3. The highest BCUT2D eigenvalue weighted by atomic mass is 16.5. The SMILES string of the molecule is COc1ccc(-c2nc3c4c(ncn3n2)Oc2c(ccc3ccccc23)[C@@H]4c2ccccc2)cc1OC. The van der Waals surface area contributed by atoms with Crippen LogP contribution in [-0.2, 0) is 0 Å². The molecule has 1 atom stereocenters. The molecular weight excluding hydrogens is 464 g/mol. The molecule has 0 radical (unpaired) electrons. The topological polar surface area (TPSA) is 70.8 Å². The molecule has 2 aromatic heterocycles. The average Bonchev–Trinajstić information content (AvgIpc) is 3.41. The molecule has 1 aliphatic rings. The molecule has 180 valence electrons. The van der Waals surface area contributed by atoms with E-state index in [2.05, 4.69) is 48.5 Å². The Morgan fingerprint density at radius 1 is 0.838 bits per heavy atom. The number of hydrogen-bond donors (Lipinski definition) is 0. The third kappa shape index (κ3) is 3.31. The summed E-state index contributed by atoms with van der Waals surface area (Å²) in [6.07, 6.45) is 1.66. The van der Waals surface area contributed by atoms with Crippen molar-refractivity contribution in [2.45, 2.75) is 5.92 Å². The normalized spacial score (nSPS) is 14.2. The Morgan fingerprint density at radius 3 is 2.49 bits per heavy atom. The third-order valence-corrected chi connectivity index (χ3v) is 6.87. The second-order valence-corrected chi connectivity index (χ2v) is 8.89. The molecule has 1 aliphatic heterocycles. The van der Waals surface area contributed by atoms with E-state index in [1.807, 2.05) is 36.4 Å². The van der Waals surface area contributed by atoms with E-state index in [0.29, 0.717) is 28.9 Å². The minimum absolute atomic E-state index is 0.122. The number of ether oxygens (including phenoxy) is 3. The Bertz CT molecular complexity index is 1800. The van der Waals surface area contributed by atoms with Crippen molar-refractivity contribution in [2.24, 2.45) is 0 Å². The number of aromatic nitrogens is 4. The molecule has 6 aromatic rings. The van der Waals surface area contributed by atoms with Crippen LogP contribution < -0.4 is 14.2 Å². The second-order valence-electron chi connectivity index (χ2n) is 8.89. The van der Waals surface area contributed by atoms with Crippen molar-refractivity contribution >= 4 is 16.4 Å². The summed E-state index contributed by atoms with van der Waals surface area (Å²) in [6.45, 7) is 0. The lowest BCUT2D eigenvalue weighted by Gasteiger charge is -2.28. The van der Waals surface area contributed by atoms with Gasteiger partial charge in [0.1, 0.15) is 12.1 Å². The number of benzene rings is 4. The van der Waals surface area contributed by atoms with E-state index in [-0.39, 0.29) is 5.92 Å². The summed E-state index contributed by atoms with van der Waals surface area (Å²) in [7, 11) is 3.23. The van der Waals surface area contributed by atoms with Gasteiger partial charge >= 0.3 is 0 Å². The molecule has 0 saturated carbocycles. The van der Waals surface area contributed by atoms with Crippen LogP contribution in [-0.4, -0.2) is 33.8 Å². The van der Waals surface area contributed by atoms with Crippen molar-refractivity contribution in [3.63, 3.8) is 0 Å². The molecule has 0 unspecified atom stereocenters. The van der Waals surface area contributed by atoms with E-state index in [1.165, 1.54) is 0 Å². The largest absolute Gasteiger partial charge is 0.493 e. The molecule has 7 rings (SSSR count). The second kappa shape index (κ2) is 8.34. The first-order valence-electron chi connectivity index (χ1n) is 12.0. The summed E-state index contributed by atoms with van der Waals surface area (Å²) in [6, 6.07) is 28.6. The standard InChI is InChI=1S/C30H22N4O3/c1-35-23-15-13-20(16-24(23)36-2)28-32-29-26-25(19-9-4-3-5-10-19)22-14-12-18-8-6-7-11-21(18)27(22)37-30(26)31-17-34(29)33-28/h3-17,25H,1-2H3/t25-/m0/s1. The molecule has 7 heteroatoms. The summed E-state index contributed by atoms with van der Waals surface area (Å²) in [5.74, 6) is 3.07. The van der Waals surface area contributed by atoms with Gasteiger partial charge in [-0.05, 0) is 29.1 Å². The van der Waals surface area contributed by atoms with Crippen LogP contribution in [0.15, 0.2) is 91.3 Å². The summed E-state index contributed by atoms with van der Waals surface area (Å²) in [5, 5.41) is 6.92. The van der Waals surface area contributed by atoms with Gasteiger partial charge in [-0.15, -0.1) is 5.10 Å². The summed E-state index contributed by atoms with van der Waals surface area (Å²) in [5.41, 5.74) is 4.60. The van der Waals surface area contributed by atoms with E-state index in [9.17, 15) is 0 Å². The maximum absolute atomic E-state index is 6.50. The van der Waals surface area contributed by atoms with E-state index >= 15 is 0 Å². The van der Waals surface area contributed by atoms with E-state index in [1.54, 1.807) is 25.1 Å². The van der Waals surface area contributed by atoms with E-state index in [0.717, 1.165) is 38.8 Å². The number of nitrogens with zero attached hydrogens (tertiary/aromatic N) is 4. The summed E-state index contributed by atoms with van der Waals surface area (Å²) < 4.78 is 19.1. The minimum atomic E-state index is -0.122. The number of methoxy groups -OCH3 is 2. The monoisotopic (exact) mass is 486 g/mol. The third-order valence-electron chi connectivity index (χ3n) is 6.87.